The molecule has 149 heavy (non-hydrogen) atoms. The minimum atomic E-state index is 0.242. The molecular formula is C111H146N24O5S9. The number of hydrogen-bond donors (Lipinski definition) is 3. The maximum Gasteiger partial charge on any atom is 0.235 e. The van der Waals surface area contributed by atoms with Crippen molar-refractivity contribution in [2.75, 3.05) is 122 Å². The van der Waals surface area contributed by atoms with Crippen molar-refractivity contribution in [3.63, 3.8) is 0 Å². The Morgan fingerprint density at radius 2 is 0.604 bits per heavy atom. The summed E-state index contributed by atoms with van der Waals surface area (Å²) in [5, 5.41) is 19.8. The number of anilines is 3. The molecule has 10 fully saturated rings. The summed E-state index contributed by atoms with van der Waals surface area (Å²) in [7, 11) is 1.76. The van der Waals surface area contributed by atoms with Crippen LogP contribution in [0.1, 0.15) is 268 Å². The SMILES string of the molecule is COCCCn1ccc2nc(Cc3cc(C)ns3)nc(NC3CCC(N4CCCCC4)CC3)c21.Cc1cc(Cc2nc(NC3CCC(N4CCCCC4)CC3)c3sccc3n2)sn1.Cc1cc(Cc2nc(NC3CCC(N4CCOCC4)CC3)c3sccc3n2)sn1.Cc1cc(Cc2nc(OC3CCC(N4CCCC4)CC3)c3sccc3n2)sn1.Cc1cc(Cc2nc(OC3CCC(N4CCOCC4)CC3)c3sccc3n2)sn1. The lowest BCUT2D eigenvalue weighted by atomic mass is 9.89. The number of morpholine rings is 2. The van der Waals surface area contributed by atoms with Crippen molar-refractivity contribution in [2.45, 2.75) is 320 Å². The molecule has 5 aliphatic carbocycles. The summed E-state index contributed by atoms with van der Waals surface area (Å²) < 4.78 is 57.9. The van der Waals surface area contributed by atoms with Gasteiger partial charge in [0.25, 0.3) is 0 Å². The molecule has 794 valence electrons. The van der Waals surface area contributed by atoms with Crippen molar-refractivity contribution >= 4 is 172 Å². The van der Waals surface area contributed by atoms with Gasteiger partial charge in [0.2, 0.25) is 11.8 Å². The van der Waals surface area contributed by atoms with E-state index >= 15 is 0 Å². The molecule has 29 nitrogen and oxygen atoms in total. The third kappa shape index (κ3) is 28.7. The molecule has 5 saturated carbocycles. The number of aryl methyl sites for hydroxylation is 6. The van der Waals surface area contributed by atoms with Gasteiger partial charge in [0.1, 0.15) is 67.9 Å². The van der Waals surface area contributed by atoms with E-state index in [0.717, 1.165) is 271 Å². The van der Waals surface area contributed by atoms with E-state index in [1.165, 1.54) is 250 Å². The highest BCUT2D eigenvalue weighted by Gasteiger charge is 2.36. The third-order valence-corrected chi connectivity index (χ3v) is 39.3. The molecule has 25 rings (SSSR count). The standard InChI is InChI=1S/C26H38N6OS.C22H29N5S2.C21H27N5OS2.C21H26N4O2S2.C21H26N4OS2/c1-19-17-22(34-30-19)18-24-28-23-11-15-32(14-6-16-33-2)25(23)26(29-24)27-20-7-9-21(10-8-20)31-12-4-3-5-13-31;1-15-13-18(29-26-15)14-20-24-19-9-12-28-21(19)22(25-20)23-16-5-7-17(8-6-16)27-10-3-2-4-11-27;1-14-12-17(29-25-14)13-19-23-18-6-11-28-20(18)21(24-19)22-15-2-4-16(5-3-15)26-7-9-27-10-8-26;1-14-12-17(29-24-14)13-19-22-18-6-11-28-20(18)21(23-19)27-16-4-2-15(3-5-16)25-7-9-26-10-8-25;1-14-12-17(28-24-14)13-19-22-18-8-11-27-20(18)21(23-19)26-16-6-4-15(5-7-16)25-9-2-3-10-25/h11,15,17,20-21H,3-10,12-14,16,18H2,1-2H3,(H,27,28,29);9,12-13,16-17H,2-8,10-11,14H2,1H3,(H,23,24,25);6,11-12,15-16H,2-5,7-10,13H2,1H3,(H,22,23,24);6,11-12,15-16H,2-5,7-10,13H2,1H3;8,11-12,15-16H,2-7,9-10,13H2,1H3. The minimum Gasteiger partial charge on any atom is -0.473 e. The van der Waals surface area contributed by atoms with E-state index in [1.54, 1.807) is 87.1 Å². The molecule has 0 bridgehead atoms. The van der Waals surface area contributed by atoms with Gasteiger partial charge in [-0.1, -0.05) is 12.8 Å². The molecule has 0 spiro atoms. The van der Waals surface area contributed by atoms with E-state index in [9.17, 15) is 0 Å². The molecule has 3 N–H and O–H groups in total. The largest absolute Gasteiger partial charge is 0.473 e. The Balaban J connectivity index is 0.000000109. The quantitative estimate of drug-likeness (QED) is 0.0367. The lowest BCUT2D eigenvalue weighted by Crippen LogP contribution is -2.46. The van der Waals surface area contributed by atoms with Crippen LogP contribution in [0.25, 0.3) is 51.9 Å². The Morgan fingerprint density at radius 1 is 0.315 bits per heavy atom. The second-order valence-electron chi connectivity index (χ2n) is 42.3. The summed E-state index contributed by atoms with van der Waals surface area (Å²) in [6.45, 7) is 27.4. The van der Waals surface area contributed by atoms with E-state index in [4.69, 9.17) is 73.5 Å². The monoisotopic (exact) mass is 2180 g/mol. The predicted octanol–water partition coefficient (Wildman–Crippen LogP) is 23.3. The Bertz CT molecular complexity index is 6340. The van der Waals surface area contributed by atoms with Crippen molar-refractivity contribution in [2.24, 2.45) is 0 Å². The van der Waals surface area contributed by atoms with Crippen LogP contribution in [0.3, 0.4) is 0 Å². The summed E-state index contributed by atoms with van der Waals surface area (Å²) in [6.07, 6.45) is 42.7. The number of rotatable bonds is 29. The average molecular weight is 2190 g/mol. The van der Waals surface area contributed by atoms with E-state index < -0.39 is 0 Å². The zero-order chi connectivity index (χ0) is 101. The normalized spacial score (nSPS) is 23.1. The summed E-state index contributed by atoms with van der Waals surface area (Å²) in [6, 6.07) is 26.3. The first-order valence-corrected chi connectivity index (χ1v) is 62.5. The summed E-state index contributed by atoms with van der Waals surface area (Å²) in [5.41, 5.74) is 11.5. The van der Waals surface area contributed by atoms with Crippen molar-refractivity contribution in [3.05, 3.63) is 170 Å². The smallest absolute Gasteiger partial charge is 0.235 e. The predicted molar refractivity (Wildman–Crippen MR) is 611 cm³/mol. The van der Waals surface area contributed by atoms with Crippen LogP contribution in [-0.4, -0.2) is 267 Å². The number of piperidine rings is 2. The zero-order valence-corrected chi connectivity index (χ0v) is 94.7. The van der Waals surface area contributed by atoms with Crippen LogP contribution in [0, 0.1) is 34.6 Å². The summed E-state index contributed by atoms with van der Waals surface area (Å²) in [4.78, 5) is 68.0. The van der Waals surface area contributed by atoms with Gasteiger partial charge in [0.05, 0.1) is 91.9 Å². The molecule has 5 saturated heterocycles. The number of aromatic nitrogens is 16. The zero-order valence-electron chi connectivity index (χ0n) is 87.4. The van der Waals surface area contributed by atoms with Gasteiger partial charge < -0.3 is 58.9 Å². The molecule has 15 aromatic heterocycles. The van der Waals surface area contributed by atoms with Gasteiger partial charge >= 0.3 is 0 Å². The highest BCUT2D eigenvalue weighted by atomic mass is 32.1. The number of fused-ring (bicyclic) bond motifs is 5. The van der Waals surface area contributed by atoms with Crippen LogP contribution < -0.4 is 25.4 Å². The van der Waals surface area contributed by atoms with Gasteiger partial charge in [-0.3, -0.25) is 9.80 Å². The Hall–Kier alpha value is -8.39. The van der Waals surface area contributed by atoms with Crippen LogP contribution in [0.5, 0.6) is 11.8 Å². The molecular weight excluding hydrogens is 2040 g/mol. The van der Waals surface area contributed by atoms with Crippen LogP contribution >= 0.6 is 103 Å². The number of likely N-dealkylation sites (tertiary alicyclic amines) is 3. The second kappa shape index (κ2) is 52.2. The molecule has 0 unspecified atom stereocenters. The molecule has 20 heterocycles. The van der Waals surface area contributed by atoms with Gasteiger partial charge in [-0.25, -0.2) is 39.9 Å². The maximum atomic E-state index is 6.45. The Kier molecular flexibility index (Phi) is 37.2. The Morgan fingerprint density at radius 3 is 0.933 bits per heavy atom. The van der Waals surface area contributed by atoms with E-state index in [-0.39, 0.29) is 12.2 Å². The molecule has 5 aliphatic heterocycles. The maximum absolute atomic E-state index is 6.45. The van der Waals surface area contributed by atoms with Gasteiger partial charge in [0.15, 0.2) is 5.82 Å². The average Bonchev–Trinajstić information content (AvgIpc) is 1.62. The number of methoxy groups -OCH3 is 1. The summed E-state index contributed by atoms with van der Waals surface area (Å²) in [5.74, 6) is 8.86. The second-order valence-corrected chi connectivity index (χ2v) is 50.4. The van der Waals surface area contributed by atoms with Crippen molar-refractivity contribution < 1.29 is 23.7 Å². The van der Waals surface area contributed by atoms with Gasteiger partial charge in [-0.2, -0.15) is 31.8 Å². The molecule has 0 atom stereocenters. The fourth-order valence-corrected chi connectivity index (χ4v) is 30.5. The molecule has 38 heteroatoms. The van der Waals surface area contributed by atoms with Crippen LogP contribution in [0.2, 0.25) is 0 Å². The Labute approximate surface area is 913 Å². The number of hydrogen-bond acceptors (Lipinski definition) is 37. The molecule has 0 amide bonds. The highest BCUT2D eigenvalue weighted by molar-refractivity contribution is 7.18. The molecule has 10 aliphatic rings. The van der Waals surface area contributed by atoms with Crippen LogP contribution in [0.15, 0.2) is 88.4 Å². The number of thiophene rings is 4. The first-order chi connectivity index (χ1) is 73.2. The number of ether oxygens (including phenoxy) is 5. The van der Waals surface area contributed by atoms with E-state index in [0.29, 0.717) is 36.6 Å². The fourth-order valence-electron chi connectivity index (χ4n) is 23.7. The van der Waals surface area contributed by atoms with Crippen molar-refractivity contribution in [3.8, 4) is 11.8 Å². The molecule has 0 aromatic carbocycles. The van der Waals surface area contributed by atoms with E-state index in [2.05, 4.69) is 155 Å². The molecule has 0 radical (unpaired) electrons. The highest BCUT2D eigenvalue weighted by Crippen LogP contribution is 2.41. The first kappa shape index (κ1) is 106. The fraction of sp³-hybridized carbons (Fsp3) is 0.595. The van der Waals surface area contributed by atoms with Crippen LogP contribution in [-0.2, 0) is 52.9 Å². The topological polar surface area (TPSA) is 297 Å². The third-order valence-electron chi connectivity index (χ3n) is 31.3. The lowest BCUT2D eigenvalue weighted by molar-refractivity contribution is -0.00126. The van der Waals surface area contributed by atoms with Crippen LogP contribution in [0.4, 0.5) is 17.5 Å². The van der Waals surface area contributed by atoms with Gasteiger partial charge in [-0.05, 0) is 387 Å². The van der Waals surface area contributed by atoms with Crippen molar-refractivity contribution in [1.82, 2.24) is 101 Å². The number of nitrogens with zero attached hydrogens (tertiary/aromatic N) is 21. The summed E-state index contributed by atoms with van der Waals surface area (Å²) >= 11 is 14.5. The van der Waals surface area contributed by atoms with Gasteiger partial charge in [-0.15, -0.1) is 45.3 Å². The van der Waals surface area contributed by atoms with Gasteiger partial charge in [0, 0.05) is 157 Å². The van der Waals surface area contributed by atoms with Crippen molar-refractivity contribution in [1.29, 1.82) is 0 Å². The molecule has 15 aromatic rings. The minimum absolute atomic E-state index is 0.242. The first-order valence-electron chi connectivity index (χ1n) is 55.1. The van der Waals surface area contributed by atoms with E-state index in [1.807, 2.05) is 34.6 Å². The number of nitrogens with one attached hydrogen (secondary N) is 3. The lowest BCUT2D eigenvalue weighted by Gasteiger charge is -2.39.